The van der Waals surface area contributed by atoms with E-state index in [4.69, 9.17) is 10.7 Å². The zero-order valence-corrected chi connectivity index (χ0v) is 21.5. The van der Waals surface area contributed by atoms with Gasteiger partial charge in [-0.3, -0.25) is 0 Å². The summed E-state index contributed by atoms with van der Waals surface area (Å²) < 4.78 is 32.1. The second kappa shape index (κ2) is 9.40. The molecule has 7 nitrogen and oxygen atoms in total. The molecule has 10 heteroatoms. The molecule has 1 aliphatic rings. The Morgan fingerprint density at radius 2 is 1.94 bits per heavy atom. The van der Waals surface area contributed by atoms with Crippen LogP contribution >= 0.6 is 22.6 Å². The predicted molar refractivity (Wildman–Crippen MR) is 134 cm³/mol. The molecular formula is C22H28FIN6OS. The molecule has 2 aromatic heterocycles. The summed E-state index contributed by atoms with van der Waals surface area (Å²) in [5.41, 5.74) is 10.8. The van der Waals surface area contributed by atoms with Gasteiger partial charge < -0.3 is 14.9 Å². The van der Waals surface area contributed by atoms with Gasteiger partial charge in [0.25, 0.3) is 0 Å². The fourth-order valence-electron chi connectivity index (χ4n) is 3.98. The Balaban J connectivity index is 1.61. The normalized spacial score (nSPS) is 14.8. The lowest BCUT2D eigenvalue weighted by Crippen LogP contribution is -2.39. The van der Waals surface area contributed by atoms with Crippen LogP contribution in [0.15, 0.2) is 12.1 Å². The summed E-state index contributed by atoms with van der Waals surface area (Å²) >= 11 is 1.24. The van der Waals surface area contributed by atoms with Gasteiger partial charge in [-0.25, -0.2) is 4.98 Å². The number of halogens is 2. The van der Waals surface area contributed by atoms with Crippen molar-refractivity contribution in [3.8, 4) is 0 Å². The molecule has 0 fully saturated rings. The second-order valence-electron chi connectivity index (χ2n) is 9.10. The number of imidazole rings is 1. The predicted octanol–water partition coefficient (Wildman–Crippen LogP) is 3.67. The molecule has 1 atom stereocenters. The molecular weight excluding hydrogens is 542 g/mol. The smallest absolute Gasteiger partial charge is 0.312 e. The fourth-order valence-corrected chi connectivity index (χ4v) is 5.46. The summed E-state index contributed by atoms with van der Waals surface area (Å²) in [5.74, 6) is 0.822. The maximum atomic E-state index is 14.0. The number of benzene rings is 1. The number of nitrogen functional groups attached to an aromatic ring is 1. The van der Waals surface area contributed by atoms with Crippen LogP contribution < -0.4 is 10.5 Å². The van der Waals surface area contributed by atoms with Crippen LogP contribution in [0.4, 0.5) is 10.2 Å². The maximum Gasteiger partial charge on any atom is 0.312 e. The third kappa shape index (κ3) is 5.02. The van der Waals surface area contributed by atoms with Crippen LogP contribution in [0.2, 0.25) is 0 Å². The van der Waals surface area contributed by atoms with Gasteiger partial charge in [-0.1, -0.05) is 6.07 Å². The minimum Gasteiger partial charge on any atom is -0.598 e. The molecule has 3 N–H and O–H groups in total. The van der Waals surface area contributed by atoms with Gasteiger partial charge in [-0.2, -0.15) is 14.4 Å². The quantitative estimate of drug-likeness (QED) is 0.195. The zero-order valence-electron chi connectivity index (χ0n) is 18.5. The topological polar surface area (TPSA) is 105 Å². The summed E-state index contributed by atoms with van der Waals surface area (Å²) in [7, 11) is 0. The van der Waals surface area contributed by atoms with Crippen molar-refractivity contribution in [1.82, 2.24) is 24.2 Å². The van der Waals surface area contributed by atoms with E-state index in [-0.39, 0.29) is 10.6 Å². The first-order chi connectivity index (χ1) is 15.1. The molecule has 1 aliphatic carbocycles. The van der Waals surface area contributed by atoms with Crippen LogP contribution in [0.1, 0.15) is 56.1 Å². The molecule has 0 amide bonds. The molecule has 3 aromatic rings. The van der Waals surface area contributed by atoms with E-state index in [0.717, 1.165) is 18.7 Å². The van der Waals surface area contributed by atoms with Gasteiger partial charge in [0.05, 0.1) is 0 Å². The Morgan fingerprint density at radius 1 is 1.22 bits per heavy atom. The van der Waals surface area contributed by atoms with E-state index in [1.54, 1.807) is 0 Å². The SMILES string of the molecule is CC(C)(C)[S+]([O-])NCCCn1c(Cc2cc3c(cc2I)CCC3)nc2c(N)nc(F)nc21. The number of fused-ring (bicyclic) bond motifs is 2. The van der Waals surface area contributed by atoms with Crippen molar-refractivity contribution in [3.05, 3.63) is 44.3 Å². The minimum absolute atomic E-state index is 0.0445. The van der Waals surface area contributed by atoms with Crippen LogP contribution in [0.3, 0.4) is 0 Å². The highest BCUT2D eigenvalue weighted by atomic mass is 127. The van der Waals surface area contributed by atoms with Crippen molar-refractivity contribution in [1.29, 1.82) is 0 Å². The lowest BCUT2D eigenvalue weighted by molar-refractivity contribution is 0.532. The highest BCUT2D eigenvalue weighted by Gasteiger charge is 2.26. The molecule has 0 saturated carbocycles. The number of hydrogen-bond acceptors (Lipinski definition) is 6. The molecule has 0 spiro atoms. The highest BCUT2D eigenvalue weighted by Crippen LogP contribution is 2.29. The molecule has 0 radical (unpaired) electrons. The average Bonchev–Trinajstić information content (AvgIpc) is 3.29. The van der Waals surface area contributed by atoms with E-state index in [2.05, 4.69) is 49.4 Å². The molecule has 172 valence electrons. The van der Waals surface area contributed by atoms with E-state index in [1.807, 2.05) is 25.3 Å². The van der Waals surface area contributed by atoms with Crippen molar-refractivity contribution in [3.63, 3.8) is 0 Å². The van der Waals surface area contributed by atoms with E-state index < -0.39 is 17.4 Å². The molecule has 0 bridgehead atoms. The monoisotopic (exact) mass is 570 g/mol. The van der Waals surface area contributed by atoms with Crippen molar-refractivity contribution in [2.75, 3.05) is 12.3 Å². The van der Waals surface area contributed by atoms with Crippen molar-refractivity contribution < 1.29 is 8.94 Å². The van der Waals surface area contributed by atoms with Crippen molar-refractivity contribution >= 4 is 50.9 Å². The van der Waals surface area contributed by atoms with Gasteiger partial charge in [0.15, 0.2) is 17.0 Å². The molecule has 2 heterocycles. The largest absolute Gasteiger partial charge is 0.598 e. The Hall–Kier alpha value is -1.50. The highest BCUT2D eigenvalue weighted by molar-refractivity contribution is 14.1. The Morgan fingerprint density at radius 3 is 2.66 bits per heavy atom. The van der Waals surface area contributed by atoms with E-state index >= 15 is 0 Å². The first-order valence-electron chi connectivity index (χ1n) is 10.8. The number of aryl methyl sites for hydroxylation is 3. The number of nitrogens with zero attached hydrogens (tertiary/aromatic N) is 4. The summed E-state index contributed by atoms with van der Waals surface area (Å²) in [6.07, 6.45) is 3.87. The van der Waals surface area contributed by atoms with Crippen LogP contribution in [-0.4, -0.2) is 35.4 Å². The van der Waals surface area contributed by atoms with E-state index in [0.29, 0.717) is 37.1 Å². The molecule has 1 aromatic carbocycles. The van der Waals surface area contributed by atoms with Gasteiger partial charge in [0.1, 0.15) is 10.6 Å². The fraction of sp³-hybridized carbons (Fsp3) is 0.500. The number of nitrogens with one attached hydrogen (secondary N) is 1. The molecule has 1 unspecified atom stereocenters. The van der Waals surface area contributed by atoms with Gasteiger partial charge in [-0.05, 0) is 91.8 Å². The van der Waals surface area contributed by atoms with Gasteiger partial charge in [0, 0.05) is 34.4 Å². The summed E-state index contributed by atoms with van der Waals surface area (Å²) in [6, 6.07) is 4.54. The average molecular weight is 570 g/mol. The Kier molecular flexibility index (Phi) is 6.94. The van der Waals surface area contributed by atoms with Gasteiger partial charge >= 0.3 is 6.08 Å². The molecule has 32 heavy (non-hydrogen) atoms. The van der Waals surface area contributed by atoms with Crippen LogP contribution in [0, 0.1) is 9.65 Å². The first kappa shape index (κ1) is 23.7. The Labute approximate surface area is 204 Å². The lowest BCUT2D eigenvalue weighted by atomic mass is 10.0. The van der Waals surface area contributed by atoms with Crippen molar-refractivity contribution in [2.45, 2.75) is 64.2 Å². The number of nitrogens with two attached hydrogens (primary N) is 1. The second-order valence-corrected chi connectivity index (χ2v) is 12.3. The maximum absolute atomic E-state index is 14.0. The summed E-state index contributed by atoms with van der Waals surface area (Å²) in [4.78, 5) is 12.3. The van der Waals surface area contributed by atoms with Gasteiger partial charge in [0.2, 0.25) is 0 Å². The molecule has 4 rings (SSSR count). The van der Waals surface area contributed by atoms with Crippen LogP contribution in [-0.2, 0) is 37.2 Å². The summed E-state index contributed by atoms with van der Waals surface area (Å²) in [5, 5.41) is 0. The number of hydrogen-bond donors (Lipinski definition) is 2. The van der Waals surface area contributed by atoms with E-state index in [1.165, 1.54) is 26.7 Å². The van der Waals surface area contributed by atoms with E-state index in [9.17, 15) is 8.94 Å². The first-order valence-corrected chi connectivity index (χ1v) is 13.0. The van der Waals surface area contributed by atoms with Crippen LogP contribution in [0.25, 0.3) is 11.2 Å². The zero-order chi connectivity index (χ0) is 23.0. The molecule has 0 aliphatic heterocycles. The third-order valence-electron chi connectivity index (χ3n) is 5.63. The minimum atomic E-state index is -1.14. The lowest BCUT2D eigenvalue weighted by Gasteiger charge is -2.23. The standard InChI is InChI=1S/C22H28FIN6OS/c1-22(2,3)32(31)26-8-5-9-30-17(27-18-19(25)28-21(23)29-20(18)30)12-15-10-13-6-4-7-14(13)11-16(15)24/h10-11,26H,4-9,12H2,1-3H3,(H2,25,28,29). The molecule has 0 saturated heterocycles. The van der Waals surface area contributed by atoms with Crippen molar-refractivity contribution in [2.24, 2.45) is 0 Å². The number of rotatable bonds is 7. The number of aromatic nitrogens is 4. The summed E-state index contributed by atoms with van der Waals surface area (Å²) in [6.45, 7) is 6.90. The Bertz CT molecular complexity index is 1150. The van der Waals surface area contributed by atoms with Crippen LogP contribution in [0.5, 0.6) is 0 Å². The third-order valence-corrected chi connectivity index (χ3v) is 8.21. The number of anilines is 1. The van der Waals surface area contributed by atoms with Gasteiger partial charge in [-0.15, -0.1) is 4.72 Å².